The lowest BCUT2D eigenvalue weighted by atomic mass is 10.2. The largest absolute Gasteiger partial charge is 0.397 e. The zero-order valence-corrected chi connectivity index (χ0v) is 12.6. The van der Waals surface area contributed by atoms with E-state index >= 15 is 0 Å². The Morgan fingerprint density at radius 3 is 2.75 bits per heavy atom. The van der Waals surface area contributed by atoms with E-state index in [-0.39, 0.29) is 12.5 Å². The maximum absolute atomic E-state index is 11.6. The molecule has 5 nitrogen and oxygen atoms in total. The summed E-state index contributed by atoms with van der Waals surface area (Å²) in [5, 5.41) is 3.16. The van der Waals surface area contributed by atoms with Gasteiger partial charge in [0.1, 0.15) is 6.61 Å². The van der Waals surface area contributed by atoms with E-state index in [0.717, 1.165) is 0 Å². The van der Waals surface area contributed by atoms with Crippen molar-refractivity contribution in [1.29, 1.82) is 0 Å². The lowest BCUT2D eigenvalue weighted by molar-refractivity contribution is -0.121. The predicted molar refractivity (Wildman–Crippen MR) is 81.0 cm³/mol. The zero-order valence-electron chi connectivity index (χ0n) is 11.8. The highest BCUT2D eigenvalue weighted by Crippen LogP contribution is 2.22. The van der Waals surface area contributed by atoms with Crippen LogP contribution in [-0.4, -0.2) is 32.3 Å². The van der Waals surface area contributed by atoms with E-state index in [0.29, 0.717) is 42.1 Å². The molecule has 0 fully saturated rings. The average molecular weight is 301 g/mol. The second-order valence-corrected chi connectivity index (χ2v) is 5.24. The monoisotopic (exact) mass is 300 g/mol. The number of nitrogens with one attached hydrogen (secondary N) is 1. The number of ether oxygens (including phenoxy) is 2. The molecule has 0 aromatic heterocycles. The van der Waals surface area contributed by atoms with Gasteiger partial charge in [0.25, 0.3) is 0 Å². The van der Waals surface area contributed by atoms with Crippen molar-refractivity contribution >= 4 is 28.9 Å². The second kappa shape index (κ2) is 8.79. The van der Waals surface area contributed by atoms with Gasteiger partial charge in [0.15, 0.2) is 0 Å². The summed E-state index contributed by atoms with van der Waals surface area (Å²) in [4.78, 5) is 11.6. The third-order valence-corrected chi connectivity index (χ3v) is 2.58. The first-order valence-electron chi connectivity index (χ1n) is 6.49. The van der Waals surface area contributed by atoms with Crippen LogP contribution in [0.1, 0.15) is 13.8 Å². The maximum Gasteiger partial charge on any atom is 0.250 e. The van der Waals surface area contributed by atoms with Crippen LogP contribution in [0.25, 0.3) is 0 Å². The molecule has 20 heavy (non-hydrogen) atoms. The molecule has 6 heteroatoms. The summed E-state index contributed by atoms with van der Waals surface area (Å²) in [6.45, 7) is 5.65. The van der Waals surface area contributed by atoms with E-state index in [4.69, 9.17) is 26.8 Å². The minimum atomic E-state index is -0.275. The first kappa shape index (κ1) is 16.8. The lowest BCUT2D eigenvalue weighted by Gasteiger charge is -2.10. The first-order chi connectivity index (χ1) is 9.49. The first-order valence-corrected chi connectivity index (χ1v) is 6.87. The van der Waals surface area contributed by atoms with Gasteiger partial charge in [0, 0.05) is 11.6 Å². The topological polar surface area (TPSA) is 73.6 Å². The van der Waals surface area contributed by atoms with Gasteiger partial charge in [0.2, 0.25) is 5.91 Å². The van der Waals surface area contributed by atoms with Crippen molar-refractivity contribution in [2.45, 2.75) is 13.8 Å². The van der Waals surface area contributed by atoms with Gasteiger partial charge < -0.3 is 20.5 Å². The molecule has 0 saturated carbocycles. The molecule has 0 unspecified atom stereocenters. The van der Waals surface area contributed by atoms with Crippen LogP contribution in [0.15, 0.2) is 18.2 Å². The van der Waals surface area contributed by atoms with E-state index in [2.05, 4.69) is 19.2 Å². The Kier molecular flexibility index (Phi) is 7.36. The Bertz CT molecular complexity index is 438. The summed E-state index contributed by atoms with van der Waals surface area (Å²) in [5.74, 6) is 0.215. The number of carbonyl (C=O) groups is 1. The van der Waals surface area contributed by atoms with Crippen LogP contribution in [0.4, 0.5) is 11.4 Å². The third-order valence-electron chi connectivity index (χ3n) is 2.35. The molecular weight excluding hydrogens is 280 g/mol. The molecule has 1 rings (SSSR count). The Labute approximate surface area is 124 Å². The van der Waals surface area contributed by atoms with Gasteiger partial charge in [-0.05, 0) is 24.1 Å². The normalized spacial score (nSPS) is 10.8. The minimum Gasteiger partial charge on any atom is -0.397 e. The Balaban J connectivity index is 2.22. The van der Waals surface area contributed by atoms with Crippen molar-refractivity contribution in [3.63, 3.8) is 0 Å². The van der Waals surface area contributed by atoms with Crippen LogP contribution >= 0.6 is 11.6 Å². The highest BCUT2D eigenvalue weighted by Gasteiger charge is 2.06. The molecule has 1 aromatic carbocycles. The molecule has 1 aromatic rings. The van der Waals surface area contributed by atoms with Gasteiger partial charge in [-0.1, -0.05) is 25.4 Å². The smallest absolute Gasteiger partial charge is 0.250 e. The molecule has 3 N–H and O–H groups in total. The number of benzene rings is 1. The van der Waals surface area contributed by atoms with Crippen LogP contribution in [0, 0.1) is 5.92 Å². The number of hydrogen-bond acceptors (Lipinski definition) is 4. The number of amides is 1. The van der Waals surface area contributed by atoms with Crippen LogP contribution in [0.3, 0.4) is 0 Å². The molecule has 0 aliphatic carbocycles. The number of carbonyl (C=O) groups excluding carboxylic acids is 1. The SMILES string of the molecule is CC(C)COCCOCC(=O)Nc1cc(Cl)ccc1N. The molecule has 0 spiro atoms. The number of halogens is 1. The number of rotatable bonds is 8. The van der Waals surface area contributed by atoms with Crippen LogP contribution in [-0.2, 0) is 14.3 Å². The molecule has 0 aliphatic rings. The van der Waals surface area contributed by atoms with Gasteiger partial charge in [-0.15, -0.1) is 0 Å². The highest BCUT2D eigenvalue weighted by atomic mass is 35.5. The number of nitrogen functional groups attached to an aromatic ring is 1. The standard InChI is InChI=1S/C14H21ClN2O3/c1-10(2)8-19-5-6-20-9-14(18)17-13-7-11(15)3-4-12(13)16/h3-4,7,10H,5-6,8-9,16H2,1-2H3,(H,17,18). The number of anilines is 2. The Hall–Kier alpha value is -1.30. The van der Waals surface area contributed by atoms with Crippen molar-refractivity contribution in [2.24, 2.45) is 5.92 Å². The second-order valence-electron chi connectivity index (χ2n) is 4.80. The summed E-state index contributed by atoms with van der Waals surface area (Å²) < 4.78 is 10.5. The Morgan fingerprint density at radius 1 is 1.35 bits per heavy atom. The van der Waals surface area contributed by atoms with E-state index in [1.54, 1.807) is 18.2 Å². The quantitative estimate of drug-likeness (QED) is 0.571. The van der Waals surface area contributed by atoms with Crippen LogP contribution < -0.4 is 11.1 Å². The van der Waals surface area contributed by atoms with E-state index in [1.165, 1.54) is 0 Å². The van der Waals surface area contributed by atoms with Crippen molar-refractivity contribution < 1.29 is 14.3 Å². The molecule has 0 heterocycles. The summed E-state index contributed by atoms with van der Waals surface area (Å²) in [6.07, 6.45) is 0. The predicted octanol–water partition coefficient (Wildman–Crippen LogP) is 2.55. The summed E-state index contributed by atoms with van der Waals surface area (Å²) in [7, 11) is 0. The van der Waals surface area contributed by atoms with E-state index < -0.39 is 0 Å². The molecule has 112 valence electrons. The van der Waals surface area contributed by atoms with Gasteiger partial charge >= 0.3 is 0 Å². The van der Waals surface area contributed by atoms with Gasteiger partial charge in [0.05, 0.1) is 24.6 Å². The van der Waals surface area contributed by atoms with Crippen LogP contribution in [0.2, 0.25) is 5.02 Å². The molecular formula is C14H21ClN2O3. The van der Waals surface area contributed by atoms with E-state index in [1.807, 2.05) is 0 Å². The number of nitrogens with two attached hydrogens (primary N) is 1. The highest BCUT2D eigenvalue weighted by molar-refractivity contribution is 6.31. The maximum atomic E-state index is 11.6. The number of hydrogen-bond donors (Lipinski definition) is 2. The summed E-state index contributed by atoms with van der Waals surface area (Å²) >= 11 is 5.83. The summed E-state index contributed by atoms with van der Waals surface area (Å²) in [6, 6.07) is 4.90. The zero-order chi connectivity index (χ0) is 15.0. The minimum absolute atomic E-state index is 0.0447. The van der Waals surface area contributed by atoms with Crippen LogP contribution in [0.5, 0.6) is 0 Å². The third kappa shape index (κ3) is 6.75. The van der Waals surface area contributed by atoms with Crippen molar-refractivity contribution in [3.8, 4) is 0 Å². The van der Waals surface area contributed by atoms with Gasteiger partial charge in [-0.25, -0.2) is 0 Å². The Morgan fingerprint density at radius 2 is 2.05 bits per heavy atom. The van der Waals surface area contributed by atoms with Crippen molar-refractivity contribution in [3.05, 3.63) is 23.2 Å². The fourth-order valence-electron chi connectivity index (χ4n) is 1.42. The molecule has 0 atom stereocenters. The van der Waals surface area contributed by atoms with E-state index in [9.17, 15) is 4.79 Å². The fourth-order valence-corrected chi connectivity index (χ4v) is 1.60. The molecule has 0 bridgehead atoms. The molecule has 0 radical (unpaired) electrons. The lowest BCUT2D eigenvalue weighted by Crippen LogP contribution is -2.20. The van der Waals surface area contributed by atoms with Crippen molar-refractivity contribution in [1.82, 2.24) is 0 Å². The fraction of sp³-hybridized carbons (Fsp3) is 0.500. The molecule has 0 aliphatic heterocycles. The van der Waals surface area contributed by atoms with Crippen molar-refractivity contribution in [2.75, 3.05) is 37.5 Å². The molecule has 0 saturated heterocycles. The van der Waals surface area contributed by atoms with Gasteiger partial charge in [-0.2, -0.15) is 0 Å². The average Bonchev–Trinajstić information content (AvgIpc) is 2.37. The summed E-state index contributed by atoms with van der Waals surface area (Å²) in [5.41, 5.74) is 6.68. The molecule has 1 amide bonds. The van der Waals surface area contributed by atoms with Gasteiger partial charge in [-0.3, -0.25) is 4.79 Å².